The van der Waals surface area contributed by atoms with Gasteiger partial charge in [-0.1, -0.05) is 188 Å². The van der Waals surface area contributed by atoms with E-state index in [0.29, 0.717) is 5.82 Å². The zero-order valence-corrected chi connectivity index (χ0v) is 32.1. The second kappa shape index (κ2) is 14.6. The van der Waals surface area contributed by atoms with Crippen molar-refractivity contribution in [3.8, 4) is 78.4 Å². The molecule has 9 aromatic carbocycles. The van der Waals surface area contributed by atoms with Crippen molar-refractivity contribution in [1.82, 2.24) is 9.97 Å². The average Bonchev–Trinajstić information content (AvgIpc) is 3.70. The van der Waals surface area contributed by atoms with Crippen molar-refractivity contribution in [3.63, 3.8) is 0 Å². The Morgan fingerprint density at radius 3 is 1.54 bits per heavy atom. The molecule has 59 heavy (non-hydrogen) atoms. The van der Waals surface area contributed by atoms with Crippen molar-refractivity contribution < 1.29 is 4.42 Å². The van der Waals surface area contributed by atoms with Crippen molar-refractivity contribution in [1.29, 1.82) is 0 Å². The minimum Gasteiger partial charge on any atom is -0.455 e. The summed E-state index contributed by atoms with van der Waals surface area (Å²) in [5.74, 6) is 0.697. The van der Waals surface area contributed by atoms with Crippen LogP contribution in [-0.2, 0) is 0 Å². The van der Waals surface area contributed by atoms with Gasteiger partial charge in [-0.3, -0.25) is 0 Å². The van der Waals surface area contributed by atoms with Crippen LogP contribution in [0.15, 0.2) is 223 Å². The lowest BCUT2D eigenvalue weighted by molar-refractivity contribution is 0.673. The van der Waals surface area contributed by atoms with Gasteiger partial charge in [0, 0.05) is 32.8 Å². The van der Waals surface area contributed by atoms with Crippen LogP contribution in [0.5, 0.6) is 0 Å². The summed E-state index contributed by atoms with van der Waals surface area (Å²) < 4.78 is 6.65. The van der Waals surface area contributed by atoms with Crippen LogP contribution >= 0.6 is 0 Å². The van der Waals surface area contributed by atoms with Crippen molar-refractivity contribution in [3.05, 3.63) is 218 Å². The van der Waals surface area contributed by atoms with Gasteiger partial charge in [0.2, 0.25) is 0 Å². The monoisotopic (exact) mass is 752 g/mol. The molecule has 3 nitrogen and oxygen atoms in total. The van der Waals surface area contributed by atoms with Gasteiger partial charge in [0.05, 0.1) is 11.4 Å². The summed E-state index contributed by atoms with van der Waals surface area (Å²) in [5, 5.41) is 4.48. The van der Waals surface area contributed by atoms with E-state index in [1.54, 1.807) is 0 Å². The molecule has 0 bridgehead atoms. The van der Waals surface area contributed by atoms with E-state index < -0.39 is 0 Å². The Balaban J connectivity index is 1.000. The normalized spacial score (nSPS) is 11.4. The minimum absolute atomic E-state index is 0.697. The minimum atomic E-state index is 0.697. The van der Waals surface area contributed by atoms with Crippen molar-refractivity contribution in [2.45, 2.75) is 0 Å². The topological polar surface area (TPSA) is 38.9 Å². The largest absolute Gasteiger partial charge is 0.455 e. The first-order chi connectivity index (χ1) is 29.2. The maximum atomic E-state index is 6.65. The summed E-state index contributed by atoms with van der Waals surface area (Å²) in [5.41, 5.74) is 15.9. The number of hydrogen-bond acceptors (Lipinski definition) is 3. The first-order valence-electron chi connectivity index (χ1n) is 20.0. The molecule has 0 radical (unpaired) electrons. The maximum absolute atomic E-state index is 6.65. The zero-order chi connectivity index (χ0) is 39.1. The number of aromatic nitrogens is 2. The van der Waals surface area contributed by atoms with Gasteiger partial charge < -0.3 is 4.42 Å². The molecule has 2 aromatic heterocycles. The predicted octanol–water partition coefficient (Wildman–Crippen LogP) is 15.2. The van der Waals surface area contributed by atoms with Gasteiger partial charge in [0.25, 0.3) is 0 Å². The third-order valence-corrected chi connectivity index (χ3v) is 11.3. The molecule has 0 unspecified atom stereocenters. The molecule has 0 fully saturated rings. The molecule has 11 aromatic rings. The van der Waals surface area contributed by atoms with Crippen molar-refractivity contribution in [2.75, 3.05) is 0 Å². The predicted molar refractivity (Wildman–Crippen MR) is 245 cm³/mol. The fourth-order valence-corrected chi connectivity index (χ4v) is 8.37. The van der Waals surface area contributed by atoms with Crippen LogP contribution in [0, 0.1) is 0 Å². The second-order valence-corrected chi connectivity index (χ2v) is 14.9. The number of nitrogens with zero attached hydrogens (tertiary/aromatic N) is 2. The van der Waals surface area contributed by atoms with E-state index in [9.17, 15) is 0 Å². The van der Waals surface area contributed by atoms with E-state index in [1.807, 2.05) is 24.3 Å². The lowest BCUT2D eigenvalue weighted by atomic mass is 9.90. The van der Waals surface area contributed by atoms with Crippen LogP contribution in [0.1, 0.15) is 0 Å². The third-order valence-electron chi connectivity index (χ3n) is 11.3. The highest BCUT2D eigenvalue weighted by molar-refractivity contribution is 6.20. The SMILES string of the molecule is c1ccc(-c2cccc(-c3cc(-c4ccc(-c5ccc6oc7c8ccccc8c(-c8ccccc8-c8ccccc8)cc7c6c5)cc4)nc(-c4ccccc4)n3)c2)cc1. The van der Waals surface area contributed by atoms with Gasteiger partial charge in [-0.2, -0.15) is 0 Å². The summed E-state index contributed by atoms with van der Waals surface area (Å²) >= 11 is 0. The molecular weight excluding hydrogens is 717 g/mol. The summed E-state index contributed by atoms with van der Waals surface area (Å²) in [4.78, 5) is 10.2. The van der Waals surface area contributed by atoms with Crippen molar-refractivity contribution >= 4 is 32.7 Å². The fourth-order valence-electron chi connectivity index (χ4n) is 8.37. The molecule has 0 amide bonds. The Bertz CT molecular complexity index is 3300. The van der Waals surface area contributed by atoms with E-state index >= 15 is 0 Å². The van der Waals surface area contributed by atoms with Gasteiger partial charge in [0.15, 0.2) is 5.82 Å². The maximum Gasteiger partial charge on any atom is 0.160 e. The van der Waals surface area contributed by atoms with E-state index in [1.165, 1.54) is 33.2 Å². The number of rotatable bonds is 7. The number of fused-ring (bicyclic) bond motifs is 5. The standard InChI is InChI=1S/C56H36N2O/c1-4-15-37(16-5-1)42-21-14-22-44(33-42)53-36-52(57-56(58-53)41-19-8-3-9-20-41)40-29-27-38(28-30-40)43-31-32-54-50(34-43)51-35-49(47-25-12-13-26-48(47)55(51)59-54)46-24-11-10-23-45(46)39-17-6-2-7-18-39/h1-36H. The summed E-state index contributed by atoms with van der Waals surface area (Å²) in [6.45, 7) is 0. The molecule has 0 saturated heterocycles. The zero-order valence-electron chi connectivity index (χ0n) is 32.1. The number of benzene rings is 9. The molecular formula is C56H36N2O. The van der Waals surface area contributed by atoms with Crippen LogP contribution in [0.2, 0.25) is 0 Å². The lowest BCUT2D eigenvalue weighted by Crippen LogP contribution is -1.96. The highest BCUT2D eigenvalue weighted by Crippen LogP contribution is 2.43. The third kappa shape index (κ3) is 6.36. The van der Waals surface area contributed by atoms with Gasteiger partial charge in [-0.15, -0.1) is 0 Å². The molecule has 0 aliphatic heterocycles. The molecule has 0 aliphatic carbocycles. The highest BCUT2D eigenvalue weighted by atomic mass is 16.3. The van der Waals surface area contributed by atoms with E-state index in [-0.39, 0.29) is 0 Å². The number of hydrogen-bond donors (Lipinski definition) is 0. The first kappa shape index (κ1) is 34.4. The summed E-state index contributed by atoms with van der Waals surface area (Å²) in [7, 11) is 0. The molecule has 0 N–H and O–H groups in total. The molecule has 0 atom stereocenters. The average molecular weight is 753 g/mol. The molecule has 276 valence electrons. The molecule has 11 rings (SSSR count). The Hall–Kier alpha value is -7.88. The molecule has 0 aliphatic rings. The van der Waals surface area contributed by atoms with Crippen molar-refractivity contribution in [2.24, 2.45) is 0 Å². The quantitative estimate of drug-likeness (QED) is 0.163. The second-order valence-electron chi connectivity index (χ2n) is 14.9. The Labute approximate surface area is 342 Å². The van der Waals surface area contributed by atoms with E-state index in [2.05, 4.69) is 194 Å². The van der Waals surface area contributed by atoms with Gasteiger partial charge in [-0.25, -0.2) is 9.97 Å². The van der Waals surface area contributed by atoms with Gasteiger partial charge >= 0.3 is 0 Å². The Morgan fingerprint density at radius 1 is 0.271 bits per heavy atom. The lowest BCUT2D eigenvalue weighted by Gasteiger charge is -2.13. The van der Waals surface area contributed by atoms with E-state index in [0.717, 1.165) is 72.1 Å². The first-order valence-corrected chi connectivity index (χ1v) is 20.0. The van der Waals surface area contributed by atoms with Gasteiger partial charge in [0.1, 0.15) is 11.2 Å². The Morgan fingerprint density at radius 2 is 0.797 bits per heavy atom. The highest BCUT2D eigenvalue weighted by Gasteiger charge is 2.18. The van der Waals surface area contributed by atoms with Crippen LogP contribution in [0.4, 0.5) is 0 Å². The van der Waals surface area contributed by atoms with Crippen LogP contribution in [0.3, 0.4) is 0 Å². The van der Waals surface area contributed by atoms with Crippen LogP contribution < -0.4 is 0 Å². The van der Waals surface area contributed by atoms with Crippen LogP contribution in [0.25, 0.3) is 111 Å². The van der Waals surface area contributed by atoms with Gasteiger partial charge in [-0.05, 0) is 80.2 Å². The fraction of sp³-hybridized carbons (Fsp3) is 0. The molecule has 3 heteroatoms. The van der Waals surface area contributed by atoms with E-state index in [4.69, 9.17) is 14.4 Å². The summed E-state index contributed by atoms with van der Waals surface area (Å²) in [6.07, 6.45) is 0. The smallest absolute Gasteiger partial charge is 0.160 e. The molecule has 2 heterocycles. The Kier molecular flexibility index (Phi) is 8.49. The molecule has 0 saturated carbocycles. The molecule has 0 spiro atoms. The summed E-state index contributed by atoms with van der Waals surface area (Å²) in [6, 6.07) is 76.9. The number of furan rings is 1. The van der Waals surface area contributed by atoms with Crippen LogP contribution in [-0.4, -0.2) is 9.97 Å².